The van der Waals surface area contributed by atoms with Gasteiger partial charge in [0.15, 0.2) is 12.0 Å². The Balaban J connectivity index is 2.04. The van der Waals surface area contributed by atoms with E-state index in [1.54, 1.807) is 10.6 Å². The highest BCUT2D eigenvalue weighted by molar-refractivity contribution is 5.84. The number of nitrogen functional groups attached to an aromatic ring is 1. The molecule has 0 saturated carbocycles. The maximum Gasteiger partial charge on any atom is 0.164 e. The first-order chi connectivity index (χ1) is 9.13. The lowest BCUT2D eigenvalue weighted by molar-refractivity contribution is -0.0508. The SMILES string of the molecule is Nc1nccc2c1ncn2[C@@H]1O[C@H](CO)[C@H](O)[C@@H]1O. The van der Waals surface area contributed by atoms with Gasteiger partial charge < -0.3 is 30.4 Å². The molecule has 8 nitrogen and oxygen atoms in total. The second kappa shape index (κ2) is 4.42. The fourth-order valence-corrected chi connectivity index (χ4v) is 2.29. The Morgan fingerprint density at radius 3 is 2.79 bits per heavy atom. The Morgan fingerprint density at radius 1 is 1.32 bits per heavy atom. The van der Waals surface area contributed by atoms with Gasteiger partial charge >= 0.3 is 0 Å². The second-order valence-electron chi connectivity index (χ2n) is 4.44. The van der Waals surface area contributed by atoms with Gasteiger partial charge in [-0.3, -0.25) is 0 Å². The van der Waals surface area contributed by atoms with Gasteiger partial charge in [-0.2, -0.15) is 0 Å². The van der Waals surface area contributed by atoms with Gasteiger partial charge in [-0.05, 0) is 6.07 Å². The third kappa shape index (κ3) is 1.77. The Morgan fingerprint density at radius 2 is 2.11 bits per heavy atom. The van der Waals surface area contributed by atoms with E-state index in [0.29, 0.717) is 11.0 Å². The standard InChI is InChI=1S/C11H14N4O4/c12-10-7-5(1-2-13-10)15(4-14-7)11-9(18)8(17)6(3-16)19-11/h1-2,4,6,8-9,11,16-18H,3H2,(H2,12,13)/t6-,8+,9+,11-/m1/s1. The molecule has 8 heteroatoms. The van der Waals surface area contributed by atoms with Crippen molar-refractivity contribution in [2.24, 2.45) is 0 Å². The number of anilines is 1. The third-order valence-corrected chi connectivity index (χ3v) is 3.31. The van der Waals surface area contributed by atoms with Crippen LogP contribution in [0.2, 0.25) is 0 Å². The molecule has 0 aliphatic carbocycles. The molecule has 0 bridgehead atoms. The third-order valence-electron chi connectivity index (χ3n) is 3.31. The zero-order valence-corrected chi connectivity index (χ0v) is 9.92. The van der Waals surface area contributed by atoms with Gasteiger partial charge in [0.2, 0.25) is 0 Å². The summed E-state index contributed by atoms with van der Waals surface area (Å²) in [5, 5.41) is 28.8. The van der Waals surface area contributed by atoms with Gasteiger partial charge in [0.05, 0.1) is 18.5 Å². The second-order valence-corrected chi connectivity index (χ2v) is 4.44. The molecule has 0 radical (unpaired) electrons. The lowest BCUT2D eigenvalue weighted by Gasteiger charge is -2.16. The van der Waals surface area contributed by atoms with E-state index in [1.807, 2.05) is 0 Å². The van der Waals surface area contributed by atoms with Crippen molar-refractivity contribution in [2.75, 3.05) is 12.3 Å². The first-order valence-electron chi connectivity index (χ1n) is 5.83. The number of aliphatic hydroxyl groups is 3. The lowest BCUT2D eigenvalue weighted by atomic mass is 10.1. The Bertz CT molecular complexity index is 601. The van der Waals surface area contributed by atoms with Crippen molar-refractivity contribution < 1.29 is 20.1 Å². The van der Waals surface area contributed by atoms with E-state index in [0.717, 1.165) is 0 Å². The van der Waals surface area contributed by atoms with Crippen LogP contribution in [-0.2, 0) is 4.74 Å². The van der Waals surface area contributed by atoms with Gasteiger partial charge in [-0.15, -0.1) is 0 Å². The highest BCUT2D eigenvalue weighted by Gasteiger charge is 2.43. The summed E-state index contributed by atoms with van der Waals surface area (Å²) in [6.45, 7) is -0.370. The quantitative estimate of drug-likeness (QED) is 0.528. The molecule has 0 amide bonds. The van der Waals surface area contributed by atoms with Crippen LogP contribution >= 0.6 is 0 Å². The van der Waals surface area contributed by atoms with Gasteiger partial charge in [0.25, 0.3) is 0 Å². The first-order valence-corrected chi connectivity index (χ1v) is 5.83. The van der Waals surface area contributed by atoms with E-state index >= 15 is 0 Å². The molecule has 5 N–H and O–H groups in total. The Labute approximate surface area is 108 Å². The molecule has 3 rings (SSSR count). The van der Waals surface area contributed by atoms with Crippen molar-refractivity contribution in [1.82, 2.24) is 14.5 Å². The number of hydrogen-bond donors (Lipinski definition) is 4. The van der Waals surface area contributed by atoms with E-state index in [4.69, 9.17) is 15.6 Å². The average molecular weight is 266 g/mol. The molecule has 1 fully saturated rings. The van der Waals surface area contributed by atoms with E-state index in [2.05, 4.69) is 9.97 Å². The van der Waals surface area contributed by atoms with Crippen molar-refractivity contribution >= 4 is 16.9 Å². The van der Waals surface area contributed by atoms with Crippen molar-refractivity contribution in [2.45, 2.75) is 24.5 Å². The number of aliphatic hydroxyl groups excluding tert-OH is 3. The molecule has 2 aromatic heterocycles. The number of nitrogens with two attached hydrogens (primary N) is 1. The highest BCUT2D eigenvalue weighted by Crippen LogP contribution is 2.32. The topological polar surface area (TPSA) is 127 Å². The predicted octanol–water partition coefficient (Wildman–Crippen LogP) is -1.38. The van der Waals surface area contributed by atoms with Crippen molar-refractivity contribution in [3.05, 3.63) is 18.6 Å². The highest BCUT2D eigenvalue weighted by atomic mass is 16.6. The molecule has 1 aliphatic heterocycles. The van der Waals surface area contributed by atoms with E-state index in [-0.39, 0.29) is 12.4 Å². The van der Waals surface area contributed by atoms with Crippen LogP contribution < -0.4 is 5.73 Å². The molecule has 1 saturated heterocycles. The Hall–Kier alpha value is -1.74. The minimum absolute atomic E-state index is 0.281. The van der Waals surface area contributed by atoms with E-state index in [9.17, 15) is 10.2 Å². The number of nitrogens with zero attached hydrogens (tertiary/aromatic N) is 3. The summed E-state index contributed by atoms with van der Waals surface area (Å²) in [5.41, 5.74) is 6.85. The van der Waals surface area contributed by atoms with Crippen LogP contribution in [0.3, 0.4) is 0 Å². The zero-order chi connectivity index (χ0) is 13.6. The number of hydrogen-bond acceptors (Lipinski definition) is 7. The number of ether oxygens (including phenoxy) is 1. The van der Waals surface area contributed by atoms with Crippen LogP contribution in [-0.4, -0.2) is 54.8 Å². The van der Waals surface area contributed by atoms with Crippen molar-refractivity contribution in [3.8, 4) is 0 Å². The van der Waals surface area contributed by atoms with Crippen molar-refractivity contribution in [1.29, 1.82) is 0 Å². The Kier molecular flexibility index (Phi) is 2.86. The van der Waals surface area contributed by atoms with Crippen LogP contribution in [0.25, 0.3) is 11.0 Å². The number of rotatable bonds is 2. The summed E-state index contributed by atoms with van der Waals surface area (Å²) in [6, 6.07) is 1.69. The summed E-state index contributed by atoms with van der Waals surface area (Å²) in [6.07, 6.45) is -0.952. The molecule has 102 valence electrons. The smallest absolute Gasteiger partial charge is 0.164 e. The van der Waals surface area contributed by atoms with Gasteiger partial charge in [0.1, 0.15) is 23.8 Å². The zero-order valence-electron chi connectivity index (χ0n) is 9.92. The van der Waals surface area contributed by atoms with Crippen LogP contribution in [0.15, 0.2) is 18.6 Å². The first kappa shape index (κ1) is 12.3. The molecule has 0 spiro atoms. The van der Waals surface area contributed by atoms with E-state index < -0.39 is 24.5 Å². The molecule has 1 aliphatic rings. The maximum atomic E-state index is 9.98. The fourth-order valence-electron chi connectivity index (χ4n) is 2.29. The summed E-state index contributed by atoms with van der Waals surface area (Å²) in [5.74, 6) is 0.281. The van der Waals surface area contributed by atoms with Crippen LogP contribution in [0, 0.1) is 0 Å². The predicted molar refractivity (Wildman–Crippen MR) is 64.9 cm³/mol. The molecule has 4 atom stereocenters. The van der Waals surface area contributed by atoms with Gasteiger partial charge in [-0.1, -0.05) is 0 Å². The molecule has 2 aromatic rings. The number of aromatic nitrogens is 3. The number of fused-ring (bicyclic) bond motifs is 1. The van der Waals surface area contributed by atoms with E-state index in [1.165, 1.54) is 12.5 Å². The van der Waals surface area contributed by atoms with Crippen LogP contribution in [0.4, 0.5) is 5.82 Å². The molecule has 3 heterocycles. The molecular weight excluding hydrogens is 252 g/mol. The minimum atomic E-state index is -1.15. The van der Waals surface area contributed by atoms with Gasteiger partial charge in [-0.25, -0.2) is 9.97 Å². The summed E-state index contributed by atoms with van der Waals surface area (Å²) < 4.78 is 7.01. The monoisotopic (exact) mass is 266 g/mol. The molecule has 0 unspecified atom stereocenters. The number of imidazole rings is 1. The lowest BCUT2D eigenvalue weighted by Crippen LogP contribution is -2.33. The largest absolute Gasteiger partial charge is 0.394 e. The fraction of sp³-hybridized carbons (Fsp3) is 0.455. The van der Waals surface area contributed by atoms with Crippen LogP contribution in [0.5, 0.6) is 0 Å². The molecule has 19 heavy (non-hydrogen) atoms. The summed E-state index contributed by atoms with van der Waals surface area (Å²) in [4.78, 5) is 8.03. The normalized spacial score (nSPS) is 31.1. The summed E-state index contributed by atoms with van der Waals surface area (Å²) >= 11 is 0. The summed E-state index contributed by atoms with van der Waals surface area (Å²) in [7, 11) is 0. The minimum Gasteiger partial charge on any atom is -0.394 e. The maximum absolute atomic E-state index is 9.98. The number of pyridine rings is 1. The van der Waals surface area contributed by atoms with Gasteiger partial charge in [0, 0.05) is 6.20 Å². The van der Waals surface area contributed by atoms with Crippen LogP contribution in [0.1, 0.15) is 6.23 Å². The van der Waals surface area contributed by atoms with Crippen molar-refractivity contribution in [3.63, 3.8) is 0 Å². The molecular formula is C11H14N4O4. The average Bonchev–Trinajstić information content (AvgIpc) is 2.94. The molecule has 0 aromatic carbocycles.